The number of carbonyl (C=O) groups excluding carboxylic acids is 2. The Morgan fingerprint density at radius 1 is 1.50 bits per heavy atom. The summed E-state index contributed by atoms with van der Waals surface area (Å²) in [6.07, 6.45) is 0.0412. The monoisotopic (exact) mass is 175 g/mol. The van der Waals surface area contributed by atoms with Gasteiger partial charge in [0.15, 0.2) is 6.04 Å². The van der Waals surface area contributed by atoms with E-state index in [-0.39, 0.29) is 0 Å². The lowest BCUT2D eigenvalue weighted by atomic mass is 10.2. The van der Waals surface area contributed by atoms with Crippen molar-refractivity contribution in [3.63, 3.8) is 0 Å². The molecule has 0 radical (unpaired) electrons. The van der Waals surface area contributed by atoms with Crippen LogP contribution in [0.3, 0.4) is 0 Å². The number of amides is 1. The second-order valence-corrected chi connectivity index (χ2v) is 2.23. The Bertz CT molecular complexity index is 159. The molecule has 12 heavy (non-hydrogen) atoms. The number of nitrogens with one attached hydrogen (secondary N) is 1. The van der Waals surface area contributed by atoms with Crippen molar-refractivity contribution in [1.82, 2.24) is 5.32 Å². The third kappa shape index (κ3) is 2.87. The van der Waals surface area contributed by atoms with Crippen LogP contribution in [0.4, 0.5) is 0 Å². The van der Waals surface area contributed by atoms with Crippen LogP contribution in [0.25, 0.3) is 0 Å². The average molecular weight is 175 g/mol. The van der Waals surface area contributed by atoms with Crippen LogP contribution < -0.4 is 5.32 Å². The van der Waals surface area contributed by atoms with Crippen molar-refractivity contribution in [2.24, 2.45) is 0 Å². The normalized spacial score (nSPS) is 14.6. The molecule has 0 aliphatic rings. The standard InChI is InChI=1S/C7H13NO4/c1-5(11-2)6(8-4-9)7(10)12-3/h4-6H,1-3H3,(H,8,9). The molecule has 5 heteroatoms. The number of rotatable bonds is 5. The Balaban J connectivity index is 4.20. The predicted molar refractivity (Wildman–Crippen MR) is 41.5 cm³/mol. The Kier molecular flexibility index (Phi) is 5.03. The van der Waals surface area contributed by atoms with Gasteiger partial charge in [0.05, 0.1) is 13.2 Å². The molecule has 0 aliphatic carbocycles. The lowest BCUT2D eigenvalue weighted by Gasteiger charge is -2.19. The molecule has 2 atom stereocenters. The molecular weight excluding hydrogens is 162 g/mol. The van der Waals surface area contributed by atoms with E-state index in [1.165, 1.54) is 14.2 Å². The highest BCUT2D eigenvalue weighted by Crippen LogP contribution is 1.98. The van der Waals surface area contributed by atoms with Gasteiger partial charge in [-0.3, -0.25) is 4.79 Å². The van der Waals surface area contributed by atoms with Gasteiger partial charge in [0.1, 0.15) is 0 Å². The largest absolute Gasteiger partial charge is 0.467 e. The van der Waals surface area contributed by atoms with Gasteiger partial charge < -0.3 is 14.8 Å². The van der Waals surface area contributed by atoms with Crippen LogP contribution in [0.15, 0.2) is 0 Å². The third-order valence-corrected chi connectivity index (χ3v) is 1.54. The van der Waals surface area contributed by atoms with Crippen molar-refractivity contribution in [3.8, 4) is 0 Å². The van der Waals surface area contributed by atoms with Gasteiger partial charge in [0.2, 0.25) is 6.41 Å². The van der Waals surface area contributed by atoms with Crippen LogP contribution in [0.5, 0.6) is 0 Å². The first-order valence-electron chi connectivity index (χ1n) is 3.47. The fourth-order valence-corrected chi connectivity index (χ4v) is 0.732. The maximum Gasteiger partial charge on any atom is 0.331 e. The quantitative estimate of drug-likeness (QED) is 0.443. The first-order chi connectivity index (χ1) is 5.67. The number of ether oxygens (including phenoxy) is 2. The van der Waals surface area contributed by atoms with Crippen LogP contribution in [0.2, 0.25) is 0 Å². The Morgan fingerprint density at radius 3 is 2.42 bits per heavy atom. The summed E-state index contributed by atoms with van der Waals surface area (Å²) in [4.78, 5) is 21.1. The molecule has 5 nitrogen and oxygen atoms in total. The number of hydrogen-bond donors (Lipinski definition) is 1. The summed E-state index contributed by atoms with van der Waals surface area (Å²) in [6, 6.07) is -0.738. The minimum absolute atomic E-state index is 0.400. The second-order valence-electron chi connectivity index (χ2n) is 2.23. The predicted octanol–water partition coefficient (Wildman–Crippen LogP) is -0.691. The molecule has 0 aromatic heterocycles. The van der Waals surface area contributed by atoms with Crippen LogP contribution in [-0.4, -0.2) is 38.7 Å². The van der Waals surface area contributed by atoms with Gasteiger partial charge in [0, 0.05) is 7.11 Å². The summed E-state index contributed by atoms with van der Waals surface area (Å²) in [5.74, 6) is -0.517. The van der Waals surface area contributed by atoms with E-state index in [0.29, 0.717) is 6.41 Å². The highest BCUT2D eigenvalue weighted by Gasteiger charge is 2.24. The molecule has 0 rings (SSSR count). The van der Waals surface area contributed by atoms with E-state index < -0.39 is 18.1 Å². The van der Waals surface area contributed by atoms with Crippen LogP contribution in [0, 0.1) is 0 Å². The zero-order valence-corrected chi connectivity index (χ0v) is 7.37. The van der Waals surface area contributed by atoms with E-state index >= 15 is 0 Å². The van der Waals surface area contributed by atoms with Gasteiger partial charge in [-0.1, -0.05) is 0 Å². The zero-order chi connectivity index (χ0) is 9.56. The maximum atomic E-state index is 11.0. The number of hydrogen-bond acceptors (Lipinski definition) is 4. The van der Waals surface area contributed by atoms with Gasteiger partial charge in [-0.25, -0.2) is 4.79 Å². The first kappa shape index (κ1) is 10.9. The molecule has 70 valence electrons. The van der Waals surface area contributed by atoms with E-state index in [0.717, 1.165) is 0 Å². The average Bonchev–Trinajstić information content (AvgIpc) is 2.11. The summed E-state index contributed by atoms with van der Waals surface area (Å²) in [6.45, 7) is 1.66. The summed E-state index contributed by atoms with van der Waals surface area (Å²) in [5, 5.41) is 2.30. The molecule has 0 bridgehead atoms. The highest BCUT2D eigenvalue weighted by molar-refractivity contribution is 5.78. The van der Waals surface area contributed by atoms with E-state index in [2.05, 4.69) is 10.1 Å². The topological polar surface area (TPSA) is 64.6 Å². The Hall–Kier alpha value is -1.10. The van der Waals surface area contributed by atoms with Gasteiger partial charge in [-0.15, -0.1) is 0 Å². The van der Waals surface area contributed by atoms with Crippen molar-refractivity contribution in [2.75, 3.05) is 14.2 Å². The van der Waals surface area contributed by atoms with E-state index in [1.807, 2.05) is 0 Å². The van der Waals surface area contributed by atoms with Crippen molar-refractivity contribution in [3.05, 3.63) is 0 Å². The molecular formula is C7H13NO4. The van der Waals surface area contributed by atoms with E-state index in [4.69, 9.17) is 4.74 Å². The fraction of sp³-hybridized carbons (Fsp3) is 0.714. The molecule has 1 N–H and O–H groups in total. The van der Waals surface area contributed by atoms with E-state index in [1.54, 1.807) is 6.92 Å². The van der Waals surface area contributed by atoms with Gasteiger partial charge >= 0.3 is 5.97 Å². The molecule has 0 heterocycles. The van der Waals surface area contributed by atoms with Gasteiger partial charge in [-0.05, 0) is 6.92 Å². The maximum absolute atomic E-state index is 11.0. The zero-order valence-electron chi connectivity index (χ0n) is 7.37. The number of esters is 1. The van der Waals surface area contributed by atoms with Crippen molar-refractivity contribution >= 4 is 12.4 Å². The smallest absolute Gasteiger partial charge is 0.331 e. The molecule has 0 saturated heterocycles. The SMILES string of the molecule is COC(=O)C(NC=O)C(C)OC. The summed E-state index contributed by atoms with van der Waals surface area (Å²) in [7, 11) is 2.71. The summed E-state index contributed by atoms with van der Waals surface area (Å²) < 4.78 is 9.31. The van der Waals surface area contributed by atoms with Crippen LogP contribution in [0.1, 0.15) is 6.92 Å². The molecule has 0 aromatic carbocycles. The molecule has 0 spiro atoms. The van der Waals surface area contributed by atoms with E-state index in [9.17, 15) is 9.59 Å². The Morgan fingerprint density at radius 2 is 2.08 bits per heavy atom. The number of methoxy groups -OCH3 is 2. The Labute approximate surface area is 71.0 Å². The minimum atomic E-state index is -0.738. The highest BCUT2D eigenvalue weighted by atomic mass is 16.5. The molecule has 0 fully saturated rings. The van der Waals surface area contributed by atoms with Crippen molar-refractivity contribution < 1.29 is 19.1 Å². The lowest BCUT2D eigenvalue weighted by Crippen LogP contribution is -2.45. The third-order valence-electron chi connectivity index (χ3n) is 1.54. The van der Waals surface area contributed by atoms with Crippen LogP contribution in [-0.2, 0) is 19.1 Å². The summed E-state index contributed by atoms with van der Waals surface area (Å²) >= 11 is 0. The lowest BCUT2D eigenvalue weighted by molar-refractivity contribution is -0.147. The first-order valence-corrected chi connectivity index (χ1v) is 3.47. The molecule has 0 saturated carbocycles. The fourth-order valence-electron chi connectivity index (χ4n) is 0.732. The van der Waals surface area contributed by atoms with Gasteiger partial charge in [0.25, 0.3) is 0 Å². The number of carbonyl (C=O) groups is 2. The second kappa shape index (κ2) is 5.54. The molecule has 2 unspecified atom stereocenters. The molecule has 0 aromatic rings. The minimum Gasteiger partial charge on any atom is -0.467 e. The molecule has 0 aliphatic heterocycles. The molecule has 1 amide bonds. The van der Waals surface area contributed by atoms with Crippen LogP contribution >= 0.6 is 0 Å². The van der Waals surface area contributed by atoms with Gasteiger partial charge in [-0.2, -0.15) is 0 Å². The summed E-state index contributed by atoms with van der Waals surface area (Å²) in [5.41, 5.74) is 0. The van der Waals surface area contributed by atoms with Crippen molar-refractivity contribution in [2.45, 2.75) is 19.1 Å². The van der Waals surface area contributed by atoms with Crippen molar-refractivity contribution in [1.29, 1.82) is 0 Å².